The summed E-state index contributed by atoms with van der Waals surface area (Å²) in [7, 11) is 0. The van der Waals surface area contributed by atoms with Gasteiger partial charge in [-0.2, -0.15) is 13.2 Å². The molecule has 3 unspecified atom stereocenters. The van der Waals surface area contributed by atoms with Crippen molar-refractivity contribution < 1.29 is 22.7 Å². The third-order valence-electron chi connectivity index (χ3n) is 4.53. The minimum Gasteiger partial charge on any atom is -0.468 e. The number of likely N-dealkylation sites (tertiary alicyclic amines) is 1. The molecule has 2 N–H and O–H groups in total. The van der Waals surface area contributed by atoms with Crippen molar-refractivity contribution in [2.75, 3.05) is 19.7 Å². The highest BCUT2D eigenvalue weighted by molar-refractivity contribution is 5.92. The Morgan fingerprint density at radius 3 is 2.75 bits per heavy atom. The zero-order valence-electron chi connectivity index (χ0n) is 12.8. The Morgan fingerprint density at radius 1 is 1.33 bits per heavy atom. The molecule has 0 spiro atoms. The third-order valence-corrected chi connectivity index (χ3v) is 4.53. The zero-order valence-corrected chi connectivity index (χ0v) is 13.6. The fourth-order valence-corrected chi connectivity index (χ4v) is 3.41. The third kappa shape index (κ3) is 4.10. The first kappa shape index (κ1) is 18.8. The van der Waals surface area contributed by atoms with Gasteiger partial charge in [-0.25, -0.2) is 4.98 Å². The second-order valence-electron chi connectivity index (χ2n) is 6.14. The second-order valence-corrected chi connectivity index (χ2v) is 6.14. The number of aromatic nitrogens is 1. The summed E-state index contributed by atoms with van der Waals surface area (Å²) in [4.78, 5) is 18.1. The van der Waals surface area contributed by atoms with Crippen molar-refractivity contribution in [3.05, 3.63) is 23.9 Å². The predicted octanol–water partition coefficient (Wildman–Crippen LogP) is 2.25. The Bertz CT molecular complexity index is 600. The number of pyridine rings is 1. The summed E-state index contributed by atoms with van der Waals surface area (Å²) in [6.45, 7) is -0.215. The van der Waals surface area contributed by atoms with Crippen LogP contribution in [0.5, 0.6) is 5.88 Å². The minimum absolute atomic E-state index is 0. The summed E-state index contributed by atoms with van der Waals surface area (Å²) >= 11 is 0. The molecule has 0 radical (unpaired) electrons. The zero-order chi connectivity index (χ0) is 16.6. The van der Waals surface area contributed by atoms with Crippen LogP contribution in [0.4, 0.5) is 13.2 Å². The summed E-state index contributed by atoms with van der Waals surface area (Å²) in [5.74, 6) is 0.232. The first-order valence-corrected chi connectivity index (χ1v) is 7.55. The Labute approximate surface area is 143 Å². The minimum atomic E-state index is -4.44. The van der Waals surface area contributed by atoms with Gasteiger partial charge in [-0.1, -0.05) is 6.07 Å². The monoisotopic (exact) mass is 365 g/mol. The molecule has 2 fully saturated rings. The van der Waals surface area contributed by atoms with Crippen LogP contribution >= 0.6 is 12.4 Å². The molecule has 3 rings (SSSR count). The molecular formula is C15H19ClF3N3O2. The van der Waals surface area contributed by atoms with Gasteiger partial charge < -0.3 is 15.4 Å². The maximum Gasteiger partial charge on any atom is 0.422 e. The summed E-state index contributed by atoms with van der Waals surface area (Å²) < 4.78 is 41.1. The molecule has 1 amide bonds. The maximum absolute atomic E-state index is 12.5. The van der Waals surface area contributed by atoms with Gasteiger partial charge in [0.1, 0.15) is 5.69 Å². The van der Waals surface area contributed by atoms with Crippen LogP contribution in [0, 0.1) is 11.8 Å². The van der Waals surface area contributed by atoms with Crippen LogP contribution in [0.1, 0.15) is 23.3 Å². The van der Waals surface area contributed by atoms with E-state index in [4.69, 9.17) is 5.73 Å². The Hall–Kier alpha value is -1.54. The molecule has 24 heavy (non-hydrogen) atoms. The number of carbonyl (C=O) groups is 1. The van der Waals surface area contributed by atoms with Gasteiger partial charge in [0.25, 0.3) is 5.91 Å². The summed E-state index contributed by atoms with van der Waals surface area (Å²) in [6, 6.07) is 4.37. The summed E-state index contributed by atoms with van der Waals surface area (Å²) in [5, 5.41) is 0. The number of amides is 1. The van der Waals surface area contributed by atoms with Crippen LogP contribution in [0.3, 0.4) is 0 Å². The number of hydrogen-bond acceptors (Lipinski definition) is 4. The van der Waals surface area contributed by atoms with E-state index < -0.39 is 12.8 Å². The Morgan fingerprint density at radius 2 is 2.08 bits per heavy atom. The largest absolute Gasteiger partial charge is 0.468 e. The molecule has 2 aliphatic rings. The average Bonchev–Trinajstić information content (AvgIpc) is 3.07. The highest BCUT2D eigenvalue weighted by Gasteiger charge is 2.42. The molecule has 1 aromatic heterocycles. The van der Waals surface area contributed by atoms with Gasteiger partial charge in [-0.3, -0.25) is 4.79 Å². The molecule has 0 aromatic carbocycles. The molecule has 2 heterocycles. The number of halogens is 4. The lowest BCUT2D eigenvalue weighted by Gasteiger charge is -2.18. The van der Waals surface area contributed by atoms with Crippen molar-refractivity contribution >= 4 is 18.3 Å². The molecule has 3 atom stereocenters. The number of ether oxygens (including phenoxy) is 1. The Balaban J connectivity index is 0.00000208. The number of nitrogens with two attached hydrogens (primary N) is 1. The quantitative estimate of drug-likeness (QED) is 0.892. The van der Waals surface area contributed by atoms with Gasteiger partial charge in [0, 0.05) is 25.2 Å². The van der Waals surface area contributed by atoms with E-state index in [2.05, 4.69) is 9.72 Å². The van der Waals surface area contributed by atoms with Crippen molar-refractivity contribution in [1.29, 1.82) is 0 Å². The van der Waals surface area contributed by atoms with Gasteiger partial charge >= 0.3 is 6.18 Å². The number of hydrogen-bond donors (Lipinski definition) is 1. The van der Waals surface area contributed by atoms with E-state index in [9.17, 15) is 18.0 Å². The lowest BCUT2D eigenvalue weighted by atomic mass is 9.98. The molecule has 1 aliphatic heterocycles. The van der Waals surface area contributed by atoms with Crippen molar-refractivity contribution in [2.45, 2.75) is 25.1 Å². The summed E-state index contributed by atoms with van der Waals surface area (Å²) in [5.41, 5.74) is 6.14. The van der Waals surface area contributed by atoms with Crippen LogP contribution in [0.15, 0.2) is 18.2 Å². The van der Waals surface area contributed by atoms with E-state index in [1.807, 2.05) is 0 Å². The van der Waals surface area contributed by atoms with Crippen molar-refractivity contribution in [2.24, 2.45) is 17.6 Å². The SMILES string of the molecule is Cl.NC1CCC2CN(C(=O)c3cccc(OCC(F)(F)F)n3)CC12. The van der Waals surface area contributed by atoms with E-state index in [1.165, 1.54) is 18.2 Å². The van der Waals surface area contributed by atoms with Gasteiger partial charge in [0.15, 0.2) is 6.61 Å². The lowest BCUT2D eigenvalue weighted by molar-refractivity contribution is -0.154. The molecule has 5 nitrogen and oxygen atoms in total. The number of carbonyl (C=O) groups excluding carboxylic acids is 1. The molecule has 0 bridgehead atoms. The fourth-order valence-electron chi connectivity index (χ4n) is 3.41. The van der Waals surface area contributed by atoms with Gasteiger partial charge in [-0.15, -0.1) is 12.4 Å². The molecule has 1 saturated carbocycles. The average molecular weight is 366 g/mol. The smallest absolute Gasteiger partial charge is 0.422 e. The molecule has 1 aliphatic carbocycles. The molecule has 134 valence electrons. The molecule has 9 heteroatoms. The predicted molar refractivity (Wildman–Crippen MR) is 83.1 cm³/mol. The van der Waals surface area contributed by atoms with Crippen LogP contribution in [0.2, 0.25) is 0 Å². The number of fused-ring (bicyclic) bond motifs is 1. The second kappa shape index (κ2) is 7.14. The highest BCUT2D eigenvalue weighted by Crippen LogP contribution is 2.37. The maximum atomic E-state index is 12.5. The Kier molecular flexibility index (Phi) is 5.59. The summed E-state index contributed by atoms with van der Waals surface area (Å²) in [6.07, 6.45) is -2.45. The highest BCUT2D eigenvalue weighted by atomic mass is 35.5. The van der Waals surface area contributed by atoms with Gasteiger partial charge in [0.2, 0.25) is 5.88 Å². The number of nitrogens with zero attached hydrogens (tertiary/aromatic N) is 2. The van der Waals surface area contributed by atoms with E-state index in [0.717, 1.165) is 12.8 Å². The topological polar surface area (TPSA) is 68.5 Å². The van der Waals surface area contributed by atoms with Crippen LogP contribution < -0.4 is 10.5 Å². The lowest BCUT2D eigenvalue weighted by Crippen LogP contribution is -2.34. The van der Waals surface area contributed by atoms with Crippen LogP contribution in [-0.2, 0) is 0 Å². The van der Waals surface area contributed by atoms with E-state index in [0.29, 0.717) is 24.9 Å². The van der Waals surface area contributed by atoms with Crippen molar-refractivity contribution in [3.63, 3.8) is 0 Å². The first-order valence-electron chi connectivity index (χ1n) is 7.55. The number of alkyl halides is 3. The van der Waals surface area contributed by atoms with Crippen LogP contribution in [0.25, 0.3) is 0 Å². The van der Waals surface area contributed by atoms with E-state index >= 15 is 0 Å². The normalized spacial score (nSPS) is 26.0. The number of rotatable bonds is 3. The standard InChI is InChI=1S/C15H18F3N3O2.ClH/c16-15(17,18)8-23-13-3-1-2-12(20-13)14(22)21-6-9-4-5-11(19)10(9)7-21;/h1-3,9-11H,4-8,19H2;1H. The van der Waals surface area contributed by atoms with E-state index in [-0.39, 0.29) is 35.9 Å². The van der Waals surface area contributed by atoms with Crippen molar-refractivity contribution in [1.82, 2.24) is 9.88 Å². The molecule has 1 aromatic rings. The van der Waals surface area contributed by atoms with Gasteiger partial charge in [-0.05, 0) is 30.7 Å². The van der Waals surface area contributed by atoms with Crippen LogP contribution in [-0.4, -0.2) is 47.7 Å². The van der Waals surface area contributed by atoms with E-state index in [1.54, 1.807) is 4.90 Å². The van der Waals surface area contributed by atoms with Gasteiger partial charge in [0.05, 0.1) is 0 Å². The first-order chi connectivity index (χ1) is 10.8. The fraction of sp³-hybridized carbons (Fsp3) is 0.600. The molecular weight excluding hydrogens is 347 g/mol. The molecule has 1 saturated heterocycles. The van der Waals surface area contributed by atoms with Crippen molar-refractivity contribution in [3.8, 4) is 5.88 Å².